The predicted octanol–water partition coefficient (Wildman–Crippen LogP) is 4.79. The Morgan fingerprint density at radius 1 is 1.22 bits per heavy atom. The van der Waals surface area contributed by atoms with Gasteiger partial charge in [0.05, 0.1) is 0 Å². The first-order valence-electron chi connectivity index (χ1n) is 7.46. The number of rotatable bonds is 3. The first-order valence-corrected chi connectivity index (χ1v) is 7.46. The highest BCUT2D eigenvalue weighted by molar-refractivity contribution is 5.49. The van der Waals surface area contributed by atoms with Crippen LogP contribution in [-0.2, 0) is 6.42 Å². The maximum atomic E-state index is 3.76. The third kappa shape index (κ3) is 3.07. The topological polar surface area (TPSA) is 12.0 Å². The Morgan fingerprint density at radius 3 is 2.72 bits per heavy atom. The van der Waals surface area contributed by atoms with Crippen LogP contribution in [0, 0.1) is 18.8 Å². The van der Waals surface area contributed by atoms with Gasteiger partial charge in [0.1, 0.15) is 0 Å². The van der Waals surface area contributed by atoms with Crippen LogP contribution < -0.4 is 5.32 Å². The number of anilines is 1. The molecule has 18 heavy (non-hydrogen) atoms. The molecule has 1 saturated carbocycles. The third-order valence-electron chi connectivity index (χ3n) is 4.54. The Kier molecular flexibility index (Phi) is 4.31. The highest BCUT2D eigenvalue weighted by atomic mass is 14.9. The molecule has 100 valence electrons. The summed E-state index contributed by atoms with van der Waals surface area (Å²) in [6.45, 7) is 9.21. The number of nitrogens with one attached hydrogen (secondary N) is 1. The minimum Gasteiger partial charge on any atom is -0.382 e. The normalized spacial score (nSPS) is 28.1. The second-order valence-electron chi connectivity index (χ2n) is 6.14. The van der Waals surface area contributed by atoms with Crippen molar-refractivity contribution < 1.29 is 0 Å². The van der Waals surface area contributed by atoms with Gasteiger partial charge in [-0.1, -0.05) is 33.3 Å². The molecule has 1 fully saturated rings. The van der Waals surface area contributed by atoms with Crippen molar-refractivity contribution in [1.82, 2.24) is 0 Å². The van der Waals surface area contributed by atoms with Gasteiger partial charge in [-0.3, -0.25) is 0 Å². The van der Waals surface area contributed by atoms with E-state index in [9.17, 15) is 0 Å². The van der Waals surface area contributed by atoms with E-state index in [1.165, 1.54) is 36.1 Å². The molecule has 0 spiro atoms. The maximum absolute atomic E-state index is 3.76. The van der Waals surface area contributed by atoms with Gasteiger partial charge in [0.15, 0.2) is 0 Å². The van der Waals surface area contributed by atoms with Gasteiger partial charge in [-0.05, 0) is 61.3 Å². The van der Waals surface area contributed by atoms with Gasteiger partial charge in [0, 0.05) is 11.7 Å². The van der Waals surface area contributed by atoms with Crippen LogP contribution in [0.25, 0.3) is 0 Å². The third-order valence-corrected chi connectivity index (χ3v) is 4.54. The lowest BCUT2D eigenvalue weighted by atomic mass is 9.80. The first kappa shape index (κ1) is 13.5. The summed E-state index contributed by atoms with van der Waals surface area (Å²) < 4.78 is 0. The number of hydrogen-bond acceptors (Lipinski definition) is 1. The van der Waals surface area contributed by atoms with Crippen molar-refractivity contribution in [2.75, 3.05) is 5.32 Å². The van der Waals surface area contributed by atoms with Crippen molar-refractivity contribution in [2.45, 2.75) is 59.4 Å². The van der Waals surface area contributed by atoms with E-state index in [4.69, 9.17) is 0 Å². The zero-order valence-electron chi connectivity index (χ0n) is 12.3. The Labute approximate surface area is 112 Å². The SMILES string of the molecule is CCc1cc(NC2CC(C)CCC2C)ccc1C. The minimum absolute atomic E-state index is 0.654. The molecule has 1 aromatic rings. The van der Waals surface area contributed by atoms with Gasteiger partial charge in [0.2, 0.25) is 0 Å². The number of aryl methyl sites for hydroxylation is 2. The molecule has 0 saturated heterocycles. The van der Waals surface area contributed by atoms with Crippen molar-refractivity contribution in [3.63, 3.8) is 0 Å². The number of benzene rings is 1. The molecule has 0 heterocycles. The standard InChI is InChI=1S/C17H27N/c1-5-15-11-16(9-8-13(15)3)18-17-10-12(2)6-7-14(17)4/h8-9,11-12,14,17-18H,5-7,10H2,1-4H3. The maximum Gasteiger partial charge on any atom is 0.0345 e. The molecule has 3 atom stereocenters. The van der Waals surface area contributed by atoms with Crippen molar-refractivity contribution in [3.8, 4) is 0 Å². The zero-order valence-corrected chi connectivity index (χ0v) is 12.3. The average Bonchev–Trinajstić information content (AvgIpc) is 2.36. The fourth-order valence-electron chi connectivity index (χ4n) is 3.09. The van der Waals surface area contributed by atoms with Crippen LogP contribution in [0.5, 0.6) is 0 Å². The van der Waals surface area contributed by atoms with Gasteiger partial charge < -0.3 is 5.32 Å². The predicted molar refractivity (Wildman–Crippen MR) is 80.1 cm³/mol. The summed E-state index contributed by atoms with van der Waals surface area (Å²) in [4.78, 5) is 0. The summed E-state index contributed by atoms with van der Waals surface area (Å²) in [7, 11) is 0. The van der Waals surface area contributed by atoms with E-state index in [-0.39, 0.29) is 0 Å². The Balaban J connectivity index is 2.08. The molecule has 1 aliphatic rings. The molecule has 1 aromatic carbocycles. The molecule has 0 aliphatic heterocycles. The van der Waals surface area contributed by atoms with E-state index in [0.29, 0.717) is 6.04 Å². The summed E-state index contributed by atoms with van der Waals surface area (Å²) in [5, 5.41) is 3.76. The lowest BCUT2D eigenvalue weighted by Crippen LogP contribution is -2.33. The van der Waals surface area contributed by atoms with Gasteiger partial charge in [-0.15, -0.1) is 0 Å². The van der Waals surface area contributed by atoms with E-state index in [1.54, 1.807) is 0 Å². The van der Waals surface area contributed by atoms with E-state index in [2.05, 4.69) is 51.2 Å². The molecule has 2 rings (SSSR count). The van der Waals surface area contributed by atoms with Crippen LogP contribution in [0.15, 0.2) is 18.2 Å². The molecule has 0 aromatic heterocycles. The van der Waals surface area contributed by atoms with E-state index >= 15 is 0 Å². The molecule has 1 heteroatoms. The highest BCUT2D eigenvalue weighted by Crippen LogP contribution is 2.31. The first-order chi connectivity index (χ1) is 8.60. The molecule has 3 unspecified atom stereocenters. The molecule has 1 N–H and O–H groups in total. The fraction of sp³-hybridized carbons (Fsp3) is 0.647. The van der Waals surface area contributed by atoms with Crippen molar-refractivity contribution in [2.24, 2.45) is 11.8 Å². The Bertz CT molecular complexity index is 397. The van der Waals surface area contributed by atoms with Gasteiger partial charge >= 0.3 is 0 Å². The average molecular weight is 245 g/mol. The Hall–Kier alpha value is -0.980. The lowest BCUT2D eigenvalue weighted by molar-refractivity contribution is 0.280. The molecule has 1 aliphatic carbocycles. The van der Waals surface area contributed by atoms with E-state index in [1.807, 2.05) is 0 Å². The summed E-state index contributed by atoms with van der Waals surface area (Å²) in [5.74, 6) is 1.67. The zero-order chi connectivity index (χ0) is 13.1. The highest BCUT2D eigenvalue weighted by Gasteiger charge is 2.25. The van der Waals surface area contributed by atoms with E-state index in [0.717, 1.165) is 18.3 Å². The van der Waals surface area contributed by atoms with Crippen LogP contribution in [0.1, 0.15) is 51.2 Å². The van der Waals surface area contributed by atoms with Crippen LogP contribution in [-0.4, -0.2) is 6.04 Å². The Morgan fingerprint density at radius 2 is 2.00 bits per heavy atom. The second kappa shape index (κ2) is 5.77. The quantitative estimate of drug-likeness (QED) is 0.807. The minimum atomic E-state index is 0.654. The van der Waals surface area contributed by atoms with Crippen molar-refractivity contribution >= 4 is 5.69 Å². The van der Waals surface area contributed by atoms with Crippen LogP contribution in [0.3, 0.4) is 0 Å². The lowest BCUT2D eigenvalue weighted by Gasteiger charge is -2.34. The largest absolute Gasteiger partial charge is 0.382 e. The van der Waals surface area contributed by atoms with Crippen LogP contribution >= 0.6 is 0 Å². The number of hydrogen-bond donors (Lipinski definition) is 1. The van der Waals surface area contributed by atoms with Gasteiger partial charge in [-0.2, -0.15) is 0 Å². The molecule has 0 bridgehead atoms. The van der Waals surface area contributed by atoms with Crippen LogP contribution in [0.2, 0.25) is 0 Å². The second-order valence-corrected chi connectivity index (χ2v) is 6.14. The molecular weight excluding hydrogens is 218 g/mol. The van der Waals surface area contributed by atoms with Crippen molar-refractivity contribution in [3.05, 3.63) is 29.3 Å². The smallest absolute Gasteiger partial charge is 0.0345 e. The monoisotopic (exact) mass is 245 g/mol. The summed E-state index contributed by atoms with van der Waals surface area (Å²) in [6.07, 6.45) is 5.20. The molecule has 0 radical (unpaired) electrons. The molecule has 0 amide bonds. The summed E-state index contributed by atoms with van der Waals surface area (Å²) in [6, 6.07) is 7.47. The fourth-order valence-corrected chi connectivity index (χ4v) is 3.09. The van der Waals surface area contributed by atoms with Gasteiger partial charge in [-0.25, -0.2) is 0 Å². The van der Waals surface area contributed by atoms with E-state index < -0.39 is 0 Å². The molecule has 1 nitrogen and oxygen atoms in total. The molecular formula is C17H27N. The summed E-state index contributed by atoms with van der Waals surface area (Å²) in [5.41, 5.74) is 4.19. The van der Waals surface area contributed by atoms with Crippen LogP contribution in [0.4, 0.5) is 5.69 Å². The summed E-state index contributed by atoms with van der Waals surface area (Å²) >= 11 is 0. The van der Waals surface area contributed by atoms with Gasteiger partial charge in [0.25, 0.3) is 0 Å². The van der Waals surface area contributed by atoms with Crippen molar-refractivity contribution in [1.29, 1.82) is 0 Å².